The molecule has 0 spiro atoms. The van der Waals surface area contributed by atoms with Crippen molar-refractivity contribution in [3.05, 3.63) is 52.3 Å². The largest absolute Gasteiger partial charge is 0.478 e. The Labute approximate surface area is 121 Å². The summed E-state index contributed by atoms with van der Waals surface area (Å²) in [5, 5.41) is 17.8. The molecule has 2 N–H and O–H groups in total. The van der Waals surface area contributed by atoms with Crippen LogP contribution in [0.2, 0.25) is 5.15 Å². The number of rotatable bonds is 3. The van der Waals surface area contributed by atoms with E-state index in [-0.39, 0.29) is 10.8 Å². The van der Waals surface area contributed by atoms with Crippen molar-refractivity contribution in [1.29, 1.82) is 0 Å². The molecule has 1 amide bonds. The first kappa shape index (κ1) is 14.8. The van der Waals surface area contributed by atoms with Crippen LogP contribution in [0.15, 0.2) is 24.3 Å². The highest BCUT2D eigenvalue weighted by Gasteiger charge is 2.17. The smallest absolute Gasteiger partial charge is 0.338 e. The van der Waals surface area contributed by atoms with Crippen molar-refractivity contribution in [2.75, 3.05) is 5.32 Å². The Hall–Kier alpha value is -2.61. The number of hydrogen-bond acceptors (Lipinski definition) is 4. The lowest BCUT2D eigenvalue weighted by atomic mass is 10.1. The van der Waals surface area contributed by atoms with Crippen molar-refractivity contribution in [1.82, 2.24) is 10.2 Å². The number of carbonyl (C=O) groups excluding carboxylic acids is 1. The Morgan fingerprint density at radius 1 is 1.14 bits per heavy atom. The summed E-state index contributed by atoms with van der Waals surface area (Å²) in [7, 11) is 0. The van der Waals surface area contributed by atoms with Crippen molar-refractivity contribution < 1.29 is 23.5 Å². The molecule has 0 unspecified atom stereocenters. The topological polar surface area (TPSA) is 92.2 Å². The summed E-state index contributed by atoms with van der Waals surface area (Å²) < 4.78 is 26.7. The van der Waals surface area contributed by atoms with Gasteiger partial charge in [-0.15, -0.1) is 10.2 Å². The lowest BCUT2D eigenvalue weighted by Gasteiger charge is -2.07. The van der Waals surface area contributed by atoms with Crippen LogP contribution in [-0.4, -0.2) is 27.2 Å². The number of anilines is 1. The second-order valence-electron chi connectivity index (χ2n) is 3.81. The molecule has 0 aliphatic rings. The number of aromatic carboxylic acids is 1. The van der Waals surface area contributed by atoms with Gasteiger partial charge in [0.25, 0.3) is 5.91 Å². The van der Waals surface area contributed by atoms with E-state index in [0.29, 0.717) is 12.1 Å². The number of benzene rings is 1. The van der Waals surface area contributed by atoms with E-state index < -0.39 is 34.8 Å². The minimum Gasteiger partial charge on any atom is -0.478 e. The zero-order valence-corrected chi connectivity index (χ0v) is 10.9. The summed E-state index contributed by atoms with van der Waals surface area (Å²) in [5.74, 6) is -4.80. The van der Waals surface area contributed by atoms with E-state index >= 15 is 0 Å². The predicted octanol–water partition coefficient (Wildman–Crippen LogP) is 2.36. The van der Waals surface area contributed by atoms with E-state index in [0.717, 1.165) is 0 Å². The molecule has 1 heterocycles. The molecule has 0 saturated carbocycles. The molecule has 0 atom stereocenters. The number of carboxylic acid groups (broad SMARTS) is 1. The van der Waals surface area contributed by atoms with Gasteiger partial charge in [-0.25, -0.2) is 13.6 Å². The lowest BCUT2D eigenvalue weighted by molar-refractivity contribution is 0.0691. The van der Waals surface area contributed by atoms with E-state index in [1.165, 1.54) is 12.1 Å². The summed E-state index contributed by atoms with van der Waals surface area (Å²) >= 11 is 5.50. The number of amides is 1. The Morgan fingerprint density at radius 3 is 2.43 bits per heavy atom. The molecule has 0 aliphatic carbocycles. The maximum Gasteiger partial charge on any atom is 0.338 e. The highest BCUT2D eigenvalue weighted by atomic mass is 35.5. The van der Waals surface area contributed by atoms with Crippen molar-refractivity contribution in [2.24, 2.45) is 0 Å². The van der Waals surface area contributed by atoms with Gasteiger partial charge in [-0.2, -0.15) is 0 Å². The fraction of sp³-hybridized carbons (Fsp3) is 0. The van der Waals surface area contributed by atoms with Gasteiger partial charge in [-0.3, -0.25) is 4.79 Å². The molecule has 2 rings (SSSR count). The number of aromatic nitrogens is 2. The monoisotopic (exact) mass is 313 g/mol. The molecule has 21 heavy (non-hydrogen) atoms. The number of hydrogen-bond donors (Lipinski definition) is 2. The number of carboxylic acids is 1. The molecular formula is C12H6ClF2N3O3. The molecule has 0 radical (unpaired) electrons. The predicted molar refractivity (Wildman–Crippen MR) is 68.3 cm³/mol. The number of nitrogens with one attached hydrogen (secondary N) is 1. The average molecular weight is 314 g/mol. The Morgan fingerprint density at radius 2 is 1.86 bits per heavy atom. The van der Waals surface area contributed by atoms with Crippen LogP contribution in [0.25, 0.3) is 0 Å². The summed E-state index contributed by atoms with van der Waals surface area (Å²) in [6, 6.07) is 3.58. The first-order chi connectivity index (χ1) is 9.88. The molecule has 1 aromatic carbocycles. The molecule has 0 bridgehead atoms. The van der Waals surface area contributed by atoms with Crippen molar-refractivity contribution >= 4 is 29.2 Å². The van der Waals surface area contributed by atoms with Crippen LogP contribution in [0.4, 0.5) is 14.5 Å². The van der Waals surface area contributed by atoms with Gasteiger partial charge in [0.15, 0.2) is 10.8 Å². The third-order valence-corrected chi connectivity index (χ3v) is 2.60. The molecule has 2 aromatic rings. The molecule has 0 aliphatic heterocycles. The van der Waals surface area contributed by atoms with E-state index in [9.17, 15) is 18.4 Å². The highest BCUT2D eigenvalue weighted by molar-refractivity contribution is 6.29. The van der Waals surface area contributed by atoms with E-state index in [1.807, 2.05) is 0 Å². The van der Waals surface area contributed by atoms with Gasteiger partial charge in [0.2, 0.25) is 0 Å². The van der Waals surface area contributed by atoms with E-state index in [2.05, 4.69) is 15.5 Å². The number of carbonyl (C=O) groups is 2. The summed E-state index contributed by atoms with van der Waals surface area (Å²) in [6.07, 6.45) is 0. The number of halogens is 3. The first-order valence-corrected chi connectivity index (χ1v) is 5.79. The van der Waals surface area contributed by atoms with Crippen LogP contribution in [-0.2, 0) is 0 Å². The second kappa shape index (κ2) is 5.80. The summed E-state index contributed by atoms with van der Waals surface area (Å²) in [6.45, 7) is 0. The SMILES string of the molecule is O=C(Nc1cc(C(=O)O)c(F)cc1F)c1ccc(Cl)nn1. The Bertz CT molecular complexity index is 722. The van der Waals surface area contributed by atoms with Gasteiger partial charge < -0.3 is 10.4 Å². The van der Waals surface area contributed by atoms with Crippen molar-refractivity contribution in [3.8, 4) is 0 Å². The van der Waals surface area contributed by atoms with Crippen LogP contribution in [0.1, 0.15) is 20.8 Å². The molecule has 0 saturated heterocycles. The minimum absolute atomic E-state index is 0.0627. The second-order valence-corrected chi connectivity index (χ2v) is 4.20. The molecular weight excluding hydrogens is 308 g/mol. The van der Waals surface area contributed by atoms with Gasteiger partial charge >= 0.3 is 5.97 Å². The zero-order chi connectivity index (χ0) is 15.6. The standard InChI is InChI=1S/C12H6ClF2N3O3/c13-10-2-1-8(17-18-10)11(19)16-9-3-5(12(20)21)6(14)4-7(9)15/h1-4H,(H,16,19)(H,20,21). The van der Waals surface area contributed by atoms with E-state index in [4.69, 9.17) is 16.7 Å². The fourth-order valence-electron chi connectivity index (χ4n) is 1.43. The summed E-state index contributed by atoms with van der Waals surface area (Å²) in [5.41, 5.74) is -1.43. The van der Waals surface area contributed by atoms with Gasteiger partial charge in [-0.05, 0) is 18.2 Å². The maximum absolute atomic E-state index is 13.5. The average Bonchev–Trinajstić information content (AvgIpc) is 2.42. The summed E-state index contributed by atoms with van der Waals surface area (Å²) in [4.78, 5) is 22.5. The van der Waals surface area contributed by atoms with E-state index in [1.54, 1.807) is 0 Å². The minimum atomic E-state index is -1.59. The normalized spacial score (nSPS) is 10.2. The first-order valence-electron chi connectivity index (χ1n) is 5.41. The number of nitrogens with zero attached hydrogens (tertiary/aromatic N) is 2. The Balaban J connectivity index is 2.30. The maximum atomic E-state index is 13.5. The fourth-order valence-corrected chi connectivity index (χ4v) is 1.53. The van der Waals surface area contributed by atoms with Crippen LogP contribution in [0.5, 0.6) is 0 Å². The van der Waals surface area contributed by atoms with Crippen molar-refractivity contribution in [3.63, 3.8) is 0 Å². The van der Waals surface area contributed by atoms with Gasteiger partial charge in [0, 0.05) is 6.07 Å². The molecule has 9 heteroatoms. The van der Waals surface area contributed by atoms with Crippen LogP contribution in [0, 0.1) is 11.6 Å². The quantitative estimate of drug-likeness (QED) is 0.907. The third-order valence-electron chi connectivity index (χ3n) is 2.40. The van der Waals surface area contributed by atoms with Crippen molar-refractivity contribution in [2.45, 2.75) is 0 Å². The van der Waals surface area contributed by atoms with Gasteiger partial charge in [-0.1, -0.05) is 11.6 Å². The highest BCUT2D eigenvalue weighted by Crippen LogP contribution is 2.20. The molecule has 108 valence electrons. The van der Waals surface area contributed by atoms with Gasteiger partial charge in [0.05, 0.1) is 11.3 Å². The molecule has 6 nitrogen and oxygen atoms in total. The zero-order valence-electron chi connectivity index (χ0n) is 10.1. The lowest BCUT2D eigenvalue weighted by Crippen LogP contribution is -2.16. The van der Waals surface area contributed by atoms with Crippen LogP contribution in [0.3, 0.4) is 0 Å². The van der Waals surface area contributed by atoms with Crippen LogP contribution >= 0.6 is 11.6 Å². The molecule has 1 aromatic heterocycles. The Kier molecular flexibility index (Phi) is 4.08. The van der Waals surface area contributed by atoms with Gasteiger partial charge in [0.1, 0.15) is 11.6 Å². The van der Waals surface area contributed by atoms with Crippen LogP contribution < -0.4 is 5.32 Å². The third kappa shape index (κ3) is 3.29. The molecule has 0 fully saturated rings.